The maximum absolute atomic E-state index is 12.5. The fourth-order valence-corrected chi connectivity index (χ4v) is 2.09. The summed E-state index contributed by atoms with van der Waals surface area (Å²) in [4.78, 5) is 2.26. The van der Waals surface area contributed by atoms with Gasteiger partial charge in [-0.05, 0) is 50.1 Å². The second-order valence-corrected chi connectivity index (χ2v) is 4.64. The van der Waals surface area contributed by atoms with Crippen molar-refractivity contribution >= 4 is 31.9 Å². The van der Waals surface area contributed by atoms with Gasteiger partial charge in [-0.1, -0.05) is 0 Å². The van der Waals surface area contributed by atoms with Crippen LogP contribution in [-0.4, -0.2) is 4.98 Å². The molecule has 0 aliphatic heterocycles. The highest BCUT2D eigenvalue weighted by Gasteiger charge is 2.35. The van der Waals surface area contributed by atoms with E-state index in [1.54, 1.807) is 12.1 Å². The van der Waals surface area contributed by atoms with Gasteiger partial charge in [0.15, 0.2) is 10.4 Å². The molecule has 0 radical (unpaired) electrons. The molecule has 1 N–H and O–H groups in total. The highest BCUT2D eigenvalue weighted by atomic mass is 79.9. The lowest BCUT2D eigenvalue weighted by atomic mass is 10.3. The highest BCUT2D eigenvalue weighted by Crippen LogP contribution is 2.37. The molecule has 7 heteroatoms. The van der Waals surface area contributed by atoms with Crippen molar-refractivity contribution in [1.82, 2.24) is 4.98 Å². The van der Waals surface area contributed by atoms with Crippen molar-refractivity contribution < 1.29 is 17.6 Å². The van der Waals surface area contributed by atoms with Crippen LogP contribution in [0.3, 0.4) is 0 Å². The van der Waals surface area contributed by atoms with Gasteiger partial charge in [-0.25, -0.2) is 0 Å². The summed E-state index contributed by atoms with van der Waals surface area (Å²) < 4.78 is 43.0. The van der Waals surface area contributed by atoms with E-state index >= 15 is 0 Å². The average Bonchev–Trinajstić information content (AvgIpc) is 2.70. The quantitative estimate of drug-likeness (QED) is 0.778. The number of hydrogen-bond acceptors (Lipinski definition) is 1. The summed E-state index contributed by atoms with van der Waals surface area (Å²) in [6.45, 7) is 0. The number of alkyl halides is 3. The Hall–Kier alpha value is -0.690. The molecule has 0 aliphatic rings. The van der Waals surface area contributed by atoms with Crippen LogP contribution >= 0.6 is 31.9 Å². The van der Waals surface area contributed by atoms with Crippen LogP contribution in [0.5, 0.6) is 0 Å². The van der Waals surface area contributed by atoms with Crippen molar-refractivity contribution in [3.05, 3.63) is 33.0 Å². The van der Waals surface area contributed by atoms with Gasteiger partial charge >= 0.3 is 6.18 Å². The number of furan rings is 1. The fraction of sp³-hybridized carbons (Fsp3) is 0.111. The fourth-order valence-electron chi connectivity index (χ4n) is 1.23. The van der Waals surface area contributed by atoms with E-state index in [2.05, 4.69) is 36.8 Å². The molecule has 0 atom stereocenters. The van der Waals surface area contributed by atoms with E-state index in [4.69, 9.17) is 4.42 Å². The zero-order valence-electron chi connectivity index (χ0n) is 7.53. The minimum absolute atomic E-state index is 0.0393. The van der Waals surface area contributed by atoms with E-state index in [0.29, 0.717) is 10.4 Å². The second-order valence-electron chi connectivity index (χ2n) is 3.01. The monoisotopic (exact) mass is 357 g/mol. The maximum Gasteiger partial charge on any atom is 0.432 e. The topological polar surface area (TPSA) is 28.9 Å². The molecule has 2 rings (SSSR count). The number of nitrogens with one attached hydrogen (secondary N) is 1. The molecule has 0 spiro atoms. The number of aromatic amines is 1. The molecule has 0 aromatic carbocycles. The van der Waals surface area contributed by atoms with Gasteiger partial charge < -0.3 is 9.40 Å². The lowest BCUT2D eigenvalue weighted by molar-refractivity contribution is -0.141. The van der Waals surface area contributed by atoms with Crippen molar-refractivity contribution in [1.29, 1.82) is 0 Å². The first-order valence-corrected chi connectivity index (χ1v) is 5.68. The van der Waals surface area contributed by atoms with Crippen LogP contribution < -0.4 is 0 Å². The molecule has 0 saturated heterocycles. The summed E-state index contributed by atoms with van der Waals surface area (Å²) >= 11 is 5.93. The summed E-state index contributed by atoms with van der Waals surface area (Å²) in [5.41, 5.74) is -0.556. The number of halogens is 5. The predicted molar refractivity (Wildman–Crippen MR) is 58.9 cm³/mol. The molecule has 2 heterocycles. The van der Waals surface area contributed by atoms with Crippen LogP contribution in [0.25, 0.3) is 11.5 Å². The highest BCUT2D eigenvalue weighted by molar-refractivity contribution is 9.10. The summed E-state index contributed by atoms with van der Waals surface area (Å²) in [6.07, 6.45) is -4.42. The first-order valence-electron chi connectivity index (χ1n) is 4.09. The third-order valence-corrected chi connectivity index (χ3v) is 2.94. The minimum Gasteiger partial charge on any atom is -0.448 e. The first kappa shape index (κ1) is 11.8. The number of rotatable bonds is 1. The Kier molecular flexibility index (Phi) is 2.91. The van der Waals surface area contributed by atoms with Crippen molar-refractivity contribution in [2.24, 2.45) is 0 Å². The Bertz CT molecular complexity index is 515. The molecule has 0 aliphatic carbocycles. The number of hydrogen-bond donors (Lipinski definition) is 1. The largest absolute Gasteiger partial charge is 0.448 e. The molecular formula is C9H4Br2F3NO. The number of H-pyrrole nitrogens is 1. The minimum atomic E-state index is -4.42. The van der Waals surface area contributed by atoms with Crippen LogP contribution in [0.4, 0.5) is 13.2 Å². The lowest BCUT2D eigenvalue weighted by Gasteiger charge is -2.03. The summed E-state index contributed by atoms with van der Waals surface area (Å²) in [5, 5.41) is 0. The van der Waals surface area contributed by atoms with Crippen LogP contribution in [0.1, 0.15) is 5.69 Å². The molecular weight excluding hydrogens is 355 g/mol. The maximum atomic E-state index is 12.5. The van der Waals surface area contributed by atoms with Gasteiger partial charge in [0.05, 0.1) is 5.69 Å². The SMILES string of the molecule is FC(F)(F)c1[nH]c(-c2ccc(Br)o2)cc1Br. The van der Waals surface area contributed by atoms with Crippen LogP contribution in [0.15, 0.2) is 31.8 Å². The summed E-state index contributed by atoms with van der Waals surface area (Å²) in [5.74, 6) is 0.336. The van der Waals surface area contributed by atoms with Crippen LogP contribution in [-0.2, 0) is 6.18 Å². The van der Waals surface area contributed by atoms with Crippen LogP contribution in [0.2, 0.25) is 0 Å². The molecule has 16 heavy (non-hydrogen) atoms. The van der Waals surface area contributed by atoms with Gasteiger partial charge in [-0.2, -0.15) is 13.2 Å². The average molecular weight is 359 g/mol. The van der Waals surface area contributed by atoms with Gasteiger partial charge in [-0.15, -0.1) is 0 Å². The second kappa shape index (κ2) is 3.96. The van der Waals surface area contributed by atoms with E-state index in [9.17, 15) is 13.2 Å². The molecule has 0 saturated carbocycles. The molecule has 86 valence electrons. The molecule has 0 unspecified atom stereocenters. The van der Waals surface area contributed by atoms with Gasteiger partial charge in [0, 0.05) is 4.47 Å². The van der Waals surface area contributed by atoms with E-state index in [0.717, 1.165) is 0 Å². The Morgan fingerprint density at radius 3 is 2.31 bits per heavy atom. The molecule has 0 bridgehead atoms. The summed E-state index contributed by atoms with van der Waals surface area (Å²) in [7, 11) is 0. The van der Waals surface area contributed by atoms with Gasteiger partial charge in [0.2, 0.25) is 0 Å². The Labute approximate surface area is 105 Å². The summed E-state index contributed by atoms with van der Waals surface area (Å²) in [6, 6.07) is 4.51. The Morgan fingerprint density at radius 2 is 1.88 bits per heavy atom. The Morgan fingerprint density at radius 1 is 1.19 bits per heavy atom. The van der Waals surface area contributed by atoms with E-state index < -0.39 is 11.9 Å². The number of aromatic nitrogens is 1. The van der Waals surface area contributed by atoms with Crippen LogP contribution in [0, 0.1) is 0 Å². The van der Waals surface area contributed by atoms with Gasteiger partial charge in [0.25, 0.3) is 0 Å². The van der Waals surface area contributed by atoms with Crippen molar-refractivity contribution in [2.75, 3.05) is 0 Å². The molecule has 0 fully saturated rings. The van der Waals surface area contributed by atoms with Crippen molar-refractivity contribution in [3.8, 4) is 11.5 Å². The zero-order valence-corrected chi connectivity index (χ0v) is 10.7. The smallest absolute Gasteiger partial charge is 0.432 e. The predicted octanol–water partition coefficient (Wildman–Crippen LogP) is 4.82. The van der Waals surface area contributed by atoms with E-state index in [1.165, 1.54) is 6.07 Å². The molecule has 0 amide bonds. The van der Waals surface area contributed by atoms with Gasteiger partial charge in [0.1, 0.15) is 5.69 Å². The standard InChI is InChI=1S/C9H4Br2F3NO/c10-4-3-5(6-1-2-7(11)16-6)15-8(4)9(12,13)14/h1-3,15H. The Balaban J connectivity index is 2.46. The lowest BCUT2D eigenvalue weighted by Crippen LogP contribution is -2.05. The third kappa shape index (κ3) is 2.20. The zero-order chi connectivity index (χ0) is 11.9. The van der Waals surface area contributed by atoms with Crippen molar-refractivity contribution in [3.63, 3.8) is 0 Å². The van der Waals surface area contributed by atoms with Crippen molar-refractivity contribution in [2.45, 2.75) is 6.18 Å². The first-order chi connectivity index (χ1) is 7.38. The van der Waals surface area contributed by atoms with E-state index in [-0.39, 0.29) is 10.2 Å². The normalized spacial score (nSPS) is 12.1. The molecule has 2 nitrogen and oxygen atoms in total. The third-order valence-electron chi connectivity index (χ3n) is 1.89. The van der Waals surface area contributed by atoms with Gasteiger partial charge in [-0.3, -0.25) is 0 Å². The van der Waals surface area contributed by atoms with E-state index in [1.807, 2.05) is 0 Å². The molecule has 2 aromatic rings. The molecule has 2 aromatic heterocycles.